The Balaban J connectivity index is 1.60. The third-order valence-corrected chi connectivity index (χ3v) is 5.72. The molecule has 1 aromatic heterocycles. The normalized spacial score (nSPS) is 19.8. The van der Waals surface area contributed by atoms with Crippen LogP contribution in [0.15, 0.2) is 66.0 Å². The van der Waals surface area contributed by atoms with Gasteiger partial charge in [-0.1, -0.05) is 23.2 Å². The Kier molecular flexibility index (Phi) is 4.57. The Morgan fingerprint density at radius 3 is 2.55 bits per heavy atom. The summed E-state index contributed by atoms with van der Waals surface area (Å²) in [7, 11) is 1.66. The van der Waals surface area contributed by atoms with Crippen LogP contribution >= 0.6 is 23.2 Å². The van der Waals surface area contributed by atoms with Crippen molar-refractivity contribution in [3.63, 3.8) is 0 Å². The van der Waals surface area contributed by atoms with Crippen LogP contribution in [0.2, 0.25) is 10.0 Å². The minimum Gasteiger partial charge on any atom is -0.497 e. The summed E-state index contributed by atoms with van der Waals surface area (Å²) in [4.78, 5) is 4.11. The number of hydrazone groups is 1. The average Bonchev–Trinajstić information content (AvgIpc) is 3.20. The molecule has 5 nitrogen and oxygen atoms in total. The molecule has 29 heavy (non-hydrogen) atoms. The van der Waals surface area contributed by atoms with E-state index in [2.05, 4.69) is 4.98 Å². The quantitative estimate of drug-likeness (QED) is 0.544. The van der Waals surface area contributed by atoms with E-state index in [-0.39, 0.29) is 6.04 Å². The molecule has 0 fully saturated rings. The number of rotatable bonds is 3. The highest BCUT2D eigenvalue weighted by Gasteiger charge is 2.42. The number of fused-ring (bicyclic) bond motifs is 3. The molecule has 2 atom stereocenters. The fourth-order valence-electron chi connectivity index (χ4n) is 3.82. The molecule has 0 radical (unpaired) electrons. The number of hydrogen-bond acceptors (Lipinski definition) is 5. The summed E-state index contributed by atoms with van der Waals surface area (Å²) in [5, 5.41) is 8.00. The number of hydrogen-bond donors (Lipinski definition) is 0. The SMILES string of the molecule is COc1ccc(C2=NN3C(C2)c2cc(Cl)cc(Cl)c2OC3c2ccncc2)cc1. The van der Waals surface area contributed by atoms with Crippen molar-refractivity contribution in [3.05, 3.63) is 87.7 Å². The molecular weight excluding hydrogens is 409 g/mol. The molecule has 2 aliphatic heterocycles. The van der Waals surface area contributed by atoms with E-state index in [1.54, 1.807) is 25.6 Å². The van der Waals surface area contributed by atoms with Gasteiger partial charge in [-0.2, -0.15) is 5.10 Å². The van der Waals surface area contributed by atoms with Gasteiger partial charge in [-0.15, -0.1) is 0 Å². The maximum atomic E-state index is 6.49. The van der Waals surface area contributed by atoms with Gasteiger partial charge in [0, 0.05) is 35.0 Å². The number of aromatic nitrogens is 1. The van der Waals surface area contributed by atoms with Crippen LogP contribution in [0.3, 0.4) is 0 Å². The van der Waals surface area contributed by atoms with Crippen LogP contribution in [-0.4, -0.2) is 22.8 Å². The van der Waals surface area contributed by atoms with Crippen molar-refractivity contribution in [1.82, 2.24) is 9.99 Å². The third kappa shape index (κ3) is 3.20. The first-order valence-electron chi connectivity index (χ1n) is 9.20. The topological polar surface area (TPSA) is 47.0 Å². The van der Waals surface area contributed by atoms with Gasteiger partial charge in [0.05, 0.1) is 23.9 Å². The smallest absolute Gasteiger partial charge is 0.214 e. The monoisotopic (exact) mass is 425 g/mol. The van der Waals surface area contributed by atoms with Gasteiger partial charge < -0.3 is 9.47 Å². The van der Waals surface area contributed by atoms with Crippen LogP contribution in [0.25, 0.3) is 0 Å². The molecule has 5 rings (SSSR count). The predicted octanol–water partition coefficient (Wildman–Crippen LogP) is 5.64. The molecule has 0 spiro atoms. The second-order valence-corrected chi connectivity index (χ2v) is 7.78. The lowest BCUT2D eigenvalue weighted by atomic mass is 9.96. The number of halogens is 2. The highest BCUT2D eigenvalue weighted by Crippen LogP contribution is 2.50. The maximum Gasteiger partial charge on any atom is 0.214 e. The Labute approximate surface area is 178 Å². The highest BCUT2D eigenvalue weighted by molar-refractivity contribution is 6.35. The Hall–Kier alpha value is -2.76. The standard InChI is InChI=1S/C22H17Cl2N3O2/c1-28-16-4-2-13(3-5-16)19-12-20-17-10-15(23)11-18(24)21(17)29-22(27(20)26-19)14-6-8-25-9-7-14/h2-11,20,22H,12H2,1H3. The molecule has 0 N–H and O–H groups in total. The van der Waals surface area contributed by atoms with Crippen molar-refractivity contribution in [1.29, 1.82) is 0 Å². The largest absolute Gasteiger partial charge is 0.497 e. The van der Waals surface area contributed by atoms with Crippen LogP contribution in [0.5, 0.6) is 11.5 Å². The average molecular weight is 426 g/mol. The first-order valence-corrected chi connectivity index (χ1v) is 9.95. The molecule has 0 aliphatic carbocycles. The van der Waals surface area contributed by atoms with Gasteiger partial charge in [-0.3, -0.25) is 4.98 Å². The molecule has 3 heterocycles. The van der Waals surface area contributed by atoms with Crippen LogP contribution in [-0.2, 0) is 0 Å². The van der Waals surface area contributed by atoms with Gasteiger partial charge in [0.15, 0.2) is 0 Å². The van der Waals surface area contributed by atoms with Crippen molar-refractivity contribution in [2.24, 2.45) is 5.10 Å². The summed E-state index contributed by atoms with van der Waals surface area (Å²) < 4.78 is 11.6. The lowest BCUT2D eigenvalue weighted by Crippen LogP contribution is -2.33. The molecule has 0 amide bonds. The summed E-state index contributed by atoms with van der Waals surface area (Å²) in [5.41, 5.74) is 3.93. The number of ether oxygens (including phenoxy) is 2. The molecule has 0 saturated heterocycles. The molecule has 0 bridgehead atoms. The molecule has 7 heteroatoms. The van der Waals surface area contributed by atoms with Gasteiger partial charge in [-0.05, 0) is 54.1 Å². The Morgan fingerprint density at radius 1 is 1.07 bits per heavy atom. The van der Waals surface area contributed by atoms with E-state index in [9.17, 15) is 0 Å². The number of benzene rings is 2. The van der Waals surface area contributed by atoms with Crippen LogP contribution in [0, 0.1) is 0 Å². The molecule has 146 valence electrons. The van der Waals surface area contributed by atoms with Crippen molar-refractivity contribution >= 4 is 28.9 Å². The van der Waals surface area contributed by atoms with Crippen molar-refractivity contribution in [3.8, 4) is 11.5 Å². The highest BCUT2D eigenvalue weighted by atomic mass is 35.5. The van der Waals surface area contributed by atoms with E-state index >= 15 is 0 Å². The summed E-state index contributed by atoms with van der Waals surface area (Å²) in [5.74, 6) is 1.47. The van der Waals surface area contributed by atoms with Crippen molar-refractivity contribution in [2.45, 2.75) is 18.7 Å². The summed E-state index contributed by atoms with van der Waals surface area (Å²) in [6.45, 7) is 0. The van der Waals surface area contributed by atoms with E-state index in [0.717, 1.165) is 34.6 Å². The fraction of sp³-hybridized carbons (Fsp3) is 0.182. The molecule has 2 unspecified atom stereocenters. The Morgan fingerprint density at radius 2 is 1.83 bits per heavy atom. The molecule has 2 aliphatic rings. The van der Waals surface area contributed by atoms with Crippen LogP contribution in [0.4, 0.5) is 0 Å². The lowest BCUT2D eigenvalue weighted by molar-refractivity contribution is -0.0189. The predicted molar refractivity (Wildman–Crippen MR) is 113 cm³/mol. The summed E-state index contributed by atoms with van der Waals surface area (Å²) in [6, 6.07) is 15.4. The lowest BCUT2D eigenvalue weighted by Gasteiger charge is -2.38. The second-order valence-electron chi connectivity index (χ2n) is 6.93. The summed E-state index contributed by atoms with van der Waals surface area (Å²) >= 11 is 12.8. The molecular formula is C22H17Cl2N3O2. The molecule has 3 aromatic rings. The van der Waals surface area contributed by atoms with Gasteiger partial charge in [0.25, 0.3) is 0 Å². The van der Waals surface area contributed by atoms with Crippen molar-refractivity contribution in [2.75, 3.05) is 7.11 Å². The third-order valence-electron chi connectivity index (χ3n) is 5.22. The zero-order valence-electron chi connectivity index (χ0n) is 15.5. The second kappa shape index (κ2) is 7.25. The summed E-state index contributed by atoms with van der Waals surface area (Å²) in [6.07, 6.45) is 3.82. The number of nitrogens with zero attached hydrogens (tertiary/aromatic N) is 3. The van der Waals surface area contributed by atoms with E-state index in [1.807, 2.05) is 47.5 Å². The van der Waals surface area contributed by atoms with E-state index < -0.39 is 6.23 Å². The molecule has 0 saturated carbocycles. The van der Waals surface area contributed by atoms with Crippen LogP contribution < -0.4 is 9.47 Å². The minimum absolute atomic E-state index is 0.0229. The number of pyridine rings is 1. The van der Waals surface area contributed by atoms with E-state index in [4.69, 9.17) is 37.8 Å². The van der Waals surface area contributed by atoms with E-state index in [1.165, 1.54) is 0 Å². The van der Waals surface area contributed by atoms with Gasteiger partial charge in [-0.25, -0.2) is 5.01 Å². The zero-order valence-corrected chi connectivity index (χ0v) is 17.1. The van der Waals surface area contributed by atoms with Gasteiger partial charge in [0.1, 0.15) is 11.5 Å². The van der Waals surface area contributed by atoms with Gasteiger partial charge >= 0.3 is 0 Å². The first kappa shape index (κ1) is 18.3. The van der Waals surface area contributed by atoms with E-state index in [0.29, 0.717) is 15.8 Å². The van der Waals surface area contributed by atoms with Gasteiger partial charge in [0.2, 0.25) is 6.23 Å². The fourth-order valence-corrected chi connectivity index (χ4v) is 4.37. The maximum absolute atomic E-state index is 6.49. The van der Waals surface area contributed by atoms with Crippen LogP contribution in [0.1, 0.15) is 35.4 Å². The molecule has 2 aromatic carbocycles. The zero-order chi connectivity index (χ0) is 20.0. The minimum atomic E-state index is -0.398. The Bertz CT molecular complexity index is 1090. The number of methoxy groups -OCH3 is 1. The van der Waals surface area contributed by atoms with Crippen molar-refractivity contribution < 1.29 is 9.47 Å². The first-order chi connectivity index (χ1) is 14.1.